The van der Waals surface area contributed by atoms with Crippen LogP contribution in [0.15, 0.2) is 28.7 Å². The number of rotatable bonds is 7. The second-order valence-corrected chi connectivity index (χ2v) is 6.90. The SMILES string of the molecule is C[C@@H]1CN(C(=O)CCCCOc2ccc(Br)cc2)C[C@H]1C(=O)O. The van der Waals surface area contributed by atoms with Gasteiger partial charge in [0.1, 0.15) is 5.75 Å². The Morgan fingerprint density at radius 1 is 1.26 bits per heavy atom. The summed E-state index contributed by atoms with van der Waals surface area (Å²) in [4.78, 5) is 24.9. The number of carbonyl (C=O) groups excluding carboxylic acids is 1. The fourth-order valence-corrected chi connectivity index (χ4v) is 3.01. The highest BCUT2D eigenvalue weighted by Crippen LogP contribution is 2.24. The number of carboxylic acids is 1. The van der Waals surface area contributed by atoms with E-state index in [1.54, 1.807) is 4.90 Å². The van der Waals surface area contributed by atoms with Crippen molar-refractivity contribution in [2.75, 3.05) is 19.7 Å². The lowest BCUT2D eigenvalue weighted by atomic mass is 9.99. The lowest BCUT2D eigenvalue weighted by Crippen LogP contribution is -2.29. The number of aliphatic carboxylic acids is 1. The molecule has 2 rings (SSSR count). The van der Waals surface area contributed by atoms with Gasteiger partial charge in [-0.2, -0.15) is 0 Å². The highest BCUT2D eigenvalue weighted by atomic mass is 79.9. The van der Waals surface area contributed by atoms with Gasteiger partial charge in [0.15, 0.2) is 0 Å². The van der Waals surface area contributed by atoms with Crippen LogP contribution in [0.3, 0.4) is 0 Å². The maximum absolute atomic E-state index is 12.1. The highest BCUT2D eigenvalue weighted by Gasteiger charge is 2.36. The molecule has 1 aliphatic rings. The van der Waals surface area contributed by atoms with Crippen molar-refractivity contribution < 1.29 is 19.4 Å². The molecule has 6 heteroatoms. The molecule has 1 amide bonds. The van der Waals surface area contributed by atoms with Gasteiger partial charge in [0.2, 0.25) is 5.91 Å². The smallest absolute Gasteiger partial charge is 0.308 e. The predicted molar refractivity (Wildman–Crippen MR) is 90.4 cm³/mol. The van der Waals surface area contributed by atoms with Gasteiger partial charge in [0, 0.05) is 24.0 Å². The number of carboxylic acid groups (broad SMARTS) is 1. The van der Waals surface area contributed by atoms with E-state index in [4.69, 9.17) is 9.84 Å². The summed E-state index contributed by atoms with van der Waals surface area (Å²) in [6, 6.07) is 7.64. The van der Waals surface area contributed by atoms with E-state index in [1.165, 1.54) is 0 Å². The van der Waals surface area contributed by atoms with Crippen molar-refractivity contribution in [3.63, 3.8) is 0 Å². The number of halogens is 1. The number of likely N-dealkylation sites (tertiary alicyclic amines) is 1. The van der Waals surface area contributed by atoms with Crippen molar-refractivity contribution in [2.24, 2.45) is 11.8 Å². The molecule has 0 unspecified atom stereocenters. The standard InChI is InChI=1S/C17H22BrNO4/c1-12-10-19(11-15(12)17(21)22)16(20)4-2-3-9-23-14-7-5-13(18)6-8-14/h5-8,12,15H,2-4,9-11H2,1H3,(H,21,22)/t12-,15-/m1/s1. The Morgan fingerprint density at radius 3 is 2.57 bits per heavy atom. The number of hydrogen-bond donors (Lipinski definition) is 1. The largest absolute Gasteiger partial charge is 0.494 e. The van der Waals surface area contributed by atoms with Gasteiger partial charge in [-0.25, -0.2) is 0 Å². The summed E-state index contributed by atoms with van der Waals surface area (Å²) in [5, 5.41) is 9.10. The Bertz CT molecular complexity index is 546. The summed E-state index contributed by atoms with van der Waals surface area (Å²) >= 11 is 3.37. The van der Waals surface area contributed by atoms with E-state index in [-0.39, 0.29) is 11.8 Å². The fraction of sp³-hybridized carbons (Fsp3) is 0.529. The minimum Gasteiger partial charge on any atom is -0.494 e. The quantitative estimate of drug-likeness (QED) is 0.734. The van der Waals surface area contributed by atoms with E-state index in [1.807, 2.05) is 31.2 Å². The van der Waals surface area contributed by atoms with Gasteiger partial charge in [-0.3, -0.25) is 9.59 Å². The molecule has 1 heterocycles. The first-order valence-electron chi connectivity index (χ1n) is 7.86. The normalized spacial score (nSPS) is 20.5. The first-order chi connectivity index (χ1) is 11.0. The van der Waals surface area contributed by atoms with Gasteiger partial charge >= 0.3 is 5.97 Å². The van der Waals surface area contributed by atoms with Crippen LogP contribution >= 0.6 is 15.9 Å². The Labute approximate surface area is 144 Å². The second-order valence-electron chi connectivity index (χ2n) is 5.98. The van der Waals surface area contributed by atoms with Crippen LogP contribution in [-0.4, -0.2) is 41.6 Å². The molecule has 0 saturated carbocycles. The molecule has 1 N–H and O–H groups in total. The molecule has 2 atom stereocenters. The summed E-state index contributed by atoms with van der Waals surface area (Å²) in [7, 11) is 0. The van der Waals surface area contributed by atoms with Crippen molar-refractivity contribution in [1.29, 1.82) is 0 Å². The van der Waals surface area contributed by atoms with Crippen LogP contribution in [0, 0.1) is 11.8 Å². The van der Waals surface area contributed by atoms with Crippen molar-refractivity contribution in [3.8, 4) is 5.75 Å². The van der Waals surface area contributed by atoms with E-state index in [0.717, 1.165) is 23.1 Å². The van der Waals surface area contributed by atoms with E-state index in [2.05, 4.69) is 15.9 Å². The number of carbonyl (C=O) groups is 2. The van der Waals surface area contributed by atoms with Crippen LogP contribution in [-0.2, 0) is 9.59 Å². The number of unbranched alkanes of at least 4 members (excludes halogenated alkanes) is 1. The summed E-state index contributed by atoms with van der Waals surface area (Å²) in [6.07, 6.45) is 1.99. The van der Waals surface area contributed by atoms with Gasteiger partial charge in [-0.05, 0) is 43.0 Å². The summed E-state index contributed by atoms with van der Waals surface area (Å²) in [6.45, 7) is 3.34. The summed E-state index contributed by atoms with van der Waals surface area (Å²) in [5.41, 5.74) is 0. The molecule has 0 radical (unpaired) electrons. The molecule has 5 nitrogen and oxygen atoms in total. The molecule has 1 fully saturated rings. The average Bonchev–Trinajstić information content (AvgIpc) is 2.91. The second kappa shape index (κ2) is 8.34. The van der Waals surface area contributed by atoms with Crippen molar-refractivity contribution >= 4 is 27.8 Å². The number of hydrogen-bond acceptors (Lipinski definition) is 3. The first-order valence-corrected chi connectivity index (χ1v) is 8.65. The monoisotopic (exact) mass is 383 g/mol. The number of nitrogens with zero attached hydrogens (tertiary/aromatic N) is 1. The lowest BCUT2D eigenvalue weighted by molar-refractivity contribution is -0.142. The van der Waals surface area contributed by atoms with Crippen LogP contribution in [0.5, 0.6) is 5.75 Å². The molecule has 1 aromatic rings. The van der Waals surface area contributed by atoms with Crippen LogP contribution in [0.2, 0.25) is 0 Å². The van der Waals surface area contributed by atoms with Crippen molar-refractivity contribution in [1.82, 2.24) is 4.90 Å². The topological polar surface area (TPSA) is 66.8 Å². The predicted octanol–water partition coefficient (Wildman–Crippen LogP) is 3.18. The van der Waals surface area contributed by atoms with Gasteiger partial charge < -0.3 is 14.7 Å². The Balaban J connectivity index is 1.63. The Hall–Kier alpha value is -1.56. The van der Waals surface area contributed by atoms with Gasteiger partial charge in [0.05, 0.1) is 12.5 Å². The van der Waals surface area contributed by atoms with E-state index >= 15 is 0 Å². The van der Waals surface area contributed by atoms with Crippen LogP contribution in [0.1, 0.15) is 26.2 Å². The molecular formula is C17H22BrNO4. The molecule has 0 bridgehead atoms. The van der Waals surface area contributed by atoms with Gasteiger partial charge in [0.25, 0.3) is 0 Å². The zero-order chi connectivity index (χ0) is 16.8. The number of amides is 1. The lowest BCUT2D eigenvalue weighted by Gasteiger charge is -2.15. The molecule has 1 saturated heterocycles. The van der Waals surface area contributed by atoms with Crippen molar-refractivity contribution in [3.05, 3.63) is 28.7 Å². The average molecular weight is 384 g/mol. The maximum atomic E-state index is 12.1. The third-order valence-corrected chi connectivity index (χ3v) is 4.68. The molecule has 0 aliphatic carbocycles. The minimum atomic E-state index is -0.810. The third kappa shape index (κ3) is 5.23. The maximum Gasteiger partial charge on any atom is 0.308 e. The fourth-order valence-electron chi connectivity index (χ4n) is 2.75. The number of benzene rings is 1. The Morgan fingerprint density at radius 2 is 1.96 bits per heavy atom. The molecule has 0 aromatic heterocycles. The zero-order valence-corrected chi connectivity index (χ0v) is 14.8. The molecule has 0 spiro atoms. The molecule has 1 aromatic carbocycles. The van der Waals surface area contributed by atoms with Gasteiger partial charge in [-0.15, -0.1) is 0 Å². The molecule has 126 valence electrons. The first kappa shape index (κ1) is 17.8. The molecular weight excluding hydrogens is 362 g/mol. The van der Waals surface area contributed by atoms with Crippen LogP contribution in [0.25, 0.3) is 0 Å². The van der Waals surface area contributed by atoms with E-state index in [9.17, 15) is 9.59 Å². The van der Waals surface area contributed by atoms with Gasteiger partial charge in [-0.1, -0.05) is 22.9 Å². The summed E-state index contributed by atoms with van der Waals surface area (Å²) < 4.78 is 6.62. The summed E-state index contributed by atoms with van der Waals surface area (Å²) in [5.74, 6) is -0.353. The highest BCUT2D eigenvalue weighted by molar-refractivity contribution is 9.10. The van der Waals surface area contributed by atoms with E-state index in [0.29, 0.717) is 26.1 Å². The third-order valence-electron chi connectivity index (χ3n) is 4.15. The molecule has 23 heavy (non-hydrogen) atoms. The Kier molecular flexibility index (Phi) is 6.45. The molecule has 1 aliphatic heterocycles. The van der Waals surface area contributed by atoms with E-state index < -0.39 is 11.9 Å². The number of ether oxygens (including phenoxy) is 1. The zero-order valence-electron chi connectivity index (χ0n) is 13.2. The van der Waals surface area contributed by atoms with Crippen LogP contribution < -0.4 is 4.74 Å². The minimum absolute atomic E-state index is 0.0252. The van der Waals surface area contributed by atoms with Crippen LogP contribution in [0.4, 0.5) is 0 Å². The van der Waals surface area contributed by atoms with Crippen molar-refractivity contribution in [2.45, 2.75) is 26.2 Å².